The molecule has 0 radical (unpaired) electrons. The van der Waals surface area contributed by atoms with E-state index in [-0.39, 0.29) is 18.6 Å². The SMILES string of the molecule is CCOc1ccc(CC(=O)c2cc(OCC)c(OCC)cc2CC(=O)O)cc1OCC. The van der Waals surface area contributed by atoms with Crippen LogP contribution in [0.25, 0.3) is 0 Å². The van der Waals surface area contributed by atoms with Crippen LogP contribution in [0.2, 0.25) is 0 Å². The fraction of sp³-hybridized carbons (Fsp3) is 0.417. The topological polar surface area (TPSA) is 91.3 Å². The highest BCUT2D eigenvalue weighted by molar-refractivity contribution is 6.00. The molecule has 1 N–H and O–H groups in total. The number of hydrogen-bond acceptors (Lipinski definition) is 6. The van der Waals surface area contributed by atoms with Crippen molar-refractivity contribution in [3.8, 4) is 23.0 Å². The standard InChI is InChI=1S/C24H30O7/c1-5-28-20-10-9-16(12-21(20)29-6-2)11-19(25)18-15-23(31-8-4)22(30-7-3)13-17(18)14-24(26)27/h9-10,12-13,15H,5-8,11,14H2,1-4H3,(H,26,27). The molecule has 0 unspecified atom stereocenters. The second-order valence-corrected chi connectivity index (χ2v) is 6.64. The molecule has 168 valence electrons. The minimum absolute atomic E-state index is 0.0820. The largest absolute Gasteiger partial charge is 0.490 e. The zero-order valence-corrected chi connectivity index (χ0v) is 18.5. The van der Waals surface area contributed by atoms with Crippen molar-refractivity contribution in [3.05, 3.63) is 47.0 Å². The zero-order valence-electron chi connectivity index (χ0n) is 18.5. The first kappa shape index (κ1) is 24.1. The normalized spacial score (nSPS) is 10.5. The first-order valence-electron chi connectivity index (χ1n) is 10.5. The van der Waals surface area contributed by atoms with Gasteiger partial charge in [-0.1, -0.05) is 6.07 Å². The molecule has 0 atom stereocenters. The minimum Gasteiger partial charge on any atom is -0.490 e. The minimum atomic E-state index is -1.03. The van der Waals surface area contributed by atoms with E-state index in [0.29, 0.717) is 60.6 Å². The van der Waals surface area contributed by atoms with Crippen LogP contribution in [-0.2, 0) is 17.6 Å². The quantitative estimate of drug-likeness (QED) is 0.473. The number of carboxylic acids is 1. The van der Waals surface area contributed by atoms with Crippen LogP contribution in [-0.4, -0.2) is 43.3 Å². The summed E-state index contributed by atoms with van der Waals surface area (Å²) in [4.78, 5) is 24.5. The summed E-state index contributed by atoms with van der Waals surface area (Å²) in [6, 6.07) is 8.52. The molecule has 0 fully saturated rings. The third-order valence-corrected chi connectivity index (χ3v) is 4.38. The van der Waals surface area contributed by atoms with Gasteiger partial charge in [-0.15, -0.1) is 0 Å². The predicted octanol–water partition coefficient (Wildman–Crippen LogP) is 4.33. The first-order chi connectivity index (χ1) is 14.9. The van der Waals surface area contributed by atoms with Gasteiger partial charge in [0.2, 0.25) is 0 Å². The van der Waals surface area contributed by atoms with Gasteiger partial charge in [0.1, 0.15) is 0 Å². The Kier molecular flexibility index (Phi) is 9.18. The van der Waals surface area contributed by atoms with Crippen LogP contribution in [0.5, 0.6) is 23.0 Å². The van der Waals surface area contributed by atoms with Crippen LogP contribution in [0.15, 0.2) is 30.3 Å². The smallest absolute Gasteiger partial charge is 0.307 e. The number of ketones is 1. The number of hydrogen-bond donors (Lipinski definition) is 1. The van der Waals surface area contributed by atoms with Crippen LogP contribution in [0.1, 0.15) is 49.2 Å². The molecule has 2 aromatic carbocycles. The first-order valence-corrected chi connectivity index (χ1v) is 10.5. The van der Waals surface area contributed by atoms with Crippen LogP contribution < -0.4 is 18.9 Å². The molecule has 2 aromatic rings. The molecular weight excluding hydrogens is 400 g/mol. The Bertz CT molecular complexity index is 905. The van der Waals surface area contributed by atoms with Crippen molar-refractivity contribution >= 4 is 11.8 Å². The second kappa shape index (κ2) is 11.8. The van der Waals surface area contributed by atoms with E-state index in [4.69, 9.17) is 18.9 Å². The lowest BCUT2D eigenvalue weighted by atomic mass is 9.95. The Morgan fingerprint density at radius 1 is 0.710 bits per heavy atom. The molecule has 0 saturated carbocycles. The highest BCUT2D eigenvalue weighted by Gasteiger charge is 2.20. The maximum atomic E-state index is 13.2. The van der Waals surface area contributed by atoms with Gasteiger partial charge in [-0.2, -0.15) is 0 Å². The maximum absolute atomic E-state index is 13.2. The van der Waals surface area contributed by atoms with Crippen LogP contribution >= 0.6 is 0 Å². The van der Waals surface area contributed by atoms with Gasteiger partial charge in [0.05, 0.1) is 32.8 Å². The van der Waals surface area contributed by atoms with Crippen LogP contribution in [0, 0.1) is 0 Å². The predicted molar refractivity (Wildman–Crippen MR) is 117 cm³/mol. The summed E-state index contributed by atoms with van der Waals surface area (Å²) in [6.45, 7) is 9.18. The fourth-order valence-electron chi connectivity index (χ4n) is 3.19. The van der Waals surface area contributed by atoms with Crippen molar-refractivity contribution in [1.82, 2.24) is 0 Å². The summed E-state index contributed by atoms with van der Waals surface area (Å²) < 4.78 is 22.4. The monoisotopic (exact) mass is 430 g/mol. The second-order valence-electron chi connectivity index (χ2n) is 6.64. The lowest BCUT2D eigenvalue weighted by molar-refractivity contribution is -0.136. The van der Waals surface area contributed by atoms with Gasteiger partial charge in [-0.25, -0.2) is 0 Å². The van der Waals surface area contributed by atoms with Gasteiger partial charge in [0, 0.05) is 12.0 Å². The van der Waals surface area contributed by atoms with Gasteiger partial charge in [-0.05, 0) is 63.1 Å². The van der Waals surface area contributed by atoms with Gasteiger partial charge >= 0.3 is 5.97 Å². The van der Waals surface area contributed by atoms with Crippen molar-refractivity contribution < 1.29 is 33.6 Å². The lowest BCUT2D eigenvalue weighted by Crippen LogP contribution is -2.12. The van der Waals surface area contributed by atoms with E-state index in [0.717, 1.165) is 5.56 Å². The molecule has 0 aliphatic rings. The Hall–Kier alpha value is -3.22. The van der Waals surface area contributed by atoms with Gasteiger partial charge in [0.25, 0.3) is 0 Å². The van der Waals surface area contributed by atoms with Gasteiger partial charge < -0.3 is 24.1 Å². The van der Waals surface area contributed by atoms with Crippen molar-refractivity contribution in [2.75, 3.05) is 26.4 Å². The summed E-state index contributed by atoms with van der Waals surface area (Å²) in [5.41, 5.74) is 1.44. The average molecular weight is 430 g/mol. The number of benzene rings is 2. The van der Waals surface area contributed by atoms with Crippen LogP contribution in [0.3, 0.4) is 0 Å². The third-order valence-electron chi connectivity index (χ3n) is 4.38. The Morgan fingerprint density at radius 3 is 1.77 bits per heavy atom. The number of aliphatic carboxylic acids is 1. The molecule has 7 heteroatoms. The number of carbonyl (C=O) groups is 2. The molecule has 2 rings (SSSR count). The van der Waals surface area contributed by atoms with Crippen molar-refractivity contribution in [3.63, 3.8) is 0 Å². The summed E-state index contributed by atoms with van der Waals surface area (Å²) in [5, 5.41) is 9.32. The molecular formula is C24H30O7. The lowest BCUT2D eigenvalue weighted by Gasteiger charge is -2.16. The van der Waals surface area contributed by atoms with E-state index in [1.165, 1.54) is 0 Å². The van der Waals surface area contributed by atoms with Gasteiger partial charge in [0.15, 0.2) is 28.8 Å². The summed E-state index contributed by atoms with van der Waals surface area (Å²) in [6.07, 6.45) is -0.209. The van der Waals surface area contributed by atoms with Crippen molar-refractivity contribution in [2.24, 2.45) is 0 Å². The number of Topliss-reactive ketones (excluding diaryl/α,β-unsaturated/α-hetero) is 1. The fourth-order valence-corrected chi connectivity index (χ4v) is 3.19. The Morgan fingerprint density at radius 2 is 1.23 bits per heavy atom. The number of carbonyl (C=O) groups excluding carboxylic acids is 1. The van der Waals surface area contributed by atoms with E-state index >= 15 is 0 Å². The number of rotatable bonds is 13. The molecule has 0 heterocycles. The van der Waals surface area contributed by atoms with E-state index in [1.54, 1.807) is 30.3 Å². The van der Waals surface area contributed by atoms with E-state index in [2.05, 4.69) is 0 Å². The highest BCUT2D eigenvalue weighted by atomic mass is 16.5. The molecule has 0 saturated heterocycles. The Balaban J connectivity index is 2.41. The number of carboxylic acid groups (broad SMARTS) is 1. The molecule has 31 heavy (non-hydrogen) atoms. The van der Waals surface area contributed by atoms with E-state index in [1.807, 2.05) is 27.7 Å². The summed E-state index contributed by atoms with van der Waals surface area (Å²) >= 11 is 0. The highest BCUT2D eigenvalue weighted by Crippen LogP contribution is 2.33. The third kappa shape index (κ3) is 6.64. The molecule has 0 spiro atoms. The average Bonchev–Trinajstić information content (AvgIpc) is 2.72. The van der Waals surface area contributed by atoms with Crippen molar-refractivity contribution in [1.29, 1.82) is 0 Å². The zero-order chi connectivity index (χ0) is 22.8. The number of ether oxygens (including phenoxy) is 4. The Labute approximate surface area is 182 Å². The molecule has 0 amide bonds. The summed E-state index contributed by atoms with van der Waals surface area (Å²) in [5.74, 6) is 0.793. The summed E-state index contributed by atoms with van der Waals surface area (Å²) in [7, 11) is 0. The molecule has 0 aliphatic carbocycles. The van der Waals surface area contributed by atoms with E-state index in [9.17, 15) is 14.7 Å². The van der Waals surface area contributed by atoms with Gasteiger partial charge in [-0.3, -0.25) is 9.59 Å². The molecule has 0 aromatic heterocycles. The molecule has 0 aliphatic heterocycles. The van der Waals surface area contributed by atoms with E-state index < -0.39 is 5.97 Å². The van der Waals surface area contributed by atoms with Crippen LogP contribution in [0.4, 0.5) is 0 Å². The maximum Gasteiger partial charge on any atom is 0.307 e. The molecule has 0 bridgehead atoms. The van der Waals surface area contributed by atoms with Crippen molar-refractivity contribution in [2.45, 2.75) is 40.5 Å². The molecule has 7 nitrogen and oxygen atoms in total.